The maximum atomic E-state index is 11.4. The molecular formula is C10H21N3O. The van der Waals surface area contributed by atoms with Crippen molar-refractivity contribution in [3.05, 3.63) is 0 Å². The van der Waals surface area contributed by atoms with E-state index in [9.17, 15) is 4.79 Å². The van der Waals surface area contributed by atoms with Crippen LogP contribution >= 0.6 is 0 Å². The number of hydrogen-bond acceptors (Lipinski definition) is 3. The van der Waals surface area contributed by atoms with Crippen LogP contribution in [0.25, 0.3) is 0 Å². The van der Waals surface area contributed by atoms with E-state index < -0.39 is 5.41 Å². The first-order chi connectivity index (χ1) is 6.27. The van der Waals surface area contributed by atoms with Crippen LogP contribution in [0, 0.1) is 10.8 Å². The third-order valence-corrected chi connectivity index (χ3v) is 2.67. The van der Waals surface area contributed by atoms with Gasteiger partial charge in [0.15, 0.2) is 0 Å². The monoisotopic (exact) mass is 199 g/mol. The Morgan fingerprint density at radius 1 is 1.50 bits per heavy atom. The summed E-state index contributed by atoms with van der Waals surface area (Å²) in [6, 6.07) is 0. The topological polar surface area (TPSA) is 58.4 Å². The van der Waals surface area contributed by atoms with E-state index in [2.05, 4.69) is 24.2 Å². The molecule has 1 heterocycles. The molecule has 0 radical (unpaired) electrons. The van der Waals surface area contributed by atoms with Crippen molar-refractivity contribution in [2.24, 2.45) is 16.7 Å². The molecule has 0 aromatic heterocycles. The molecule has 0 aromatic rings. The molecule has 0 aromatic carbocycles. The smallest absolute Gasteiger partial charge is 0.240 e. The second-order valence-electron chi connectivity index (χ2n) is 5.67. The van der Waals surface area contributed by atoms with E-state index in [4.69, 9.17) is 5.84 Å². The van der Waals surface area contributed by atoms with Crippen molar-refractivity contribution in [1.29, 1.82) is 0 Å². The SMILES string of the molecule is CC1(C)CN(CC(C)(C)C(=O)NN)C1. The standard InChI is InChI=1S/C10H21N3O/c1-9(2)5-13(6-9)7-10(3,4)8(14)12-11/h5-7,11H2,1-4H3,(H,12,14). The highest BCUT2D eigenvalue weighted by molar-refractivity contribution is 5.81. The minimum atomic E-state index is -0.398. The van der Waals surface area contributed by atoms with Gasteiger partial charge < -0.3 is 4.90 Å². The van der Waals surface area contributed by atoms with Gasteiger partial charge in [-0.05, 0) is 19.3 Å². The summed E-state index contributed by atoms with van der Waals surface area (Å²) in [6.45, 7) is 11.2. The number of carbonyl (C=O) groups is 1. The van der Waals surface area contributed by atoms with Crippen molar-refractivity contribution in [2.75, 3.05) is 19.6 Å². The summed E-state index contributed by atoms with van der Waals surface area (Å²) in [4.78, 5) is 13.7. The van der Waals surface area contributed by atoms with Crippen LogP contribution < -0.4 is 11.3 Å². The maximum absolute atomic E-state index is 11.4. The molecule has 0 atom stereocenters. The van der Waals surface area contributed by atoms with Crippen molar-refractivity contribution in [3.63, 3.8) is 0 Å². The van der Waals surface area contributed by atoms with Crippen LogP contribution in [0.2, 0.25) is 0 Å². The summed E-state index contributed by atoms with van der Waals surface area (Å²) < 4.78 is 0. The highest BCUT2D eigenvalue weighted by Crippen LogP contribution is 2.31. The molecule has 1 amide bonds. The van der Waals surface area contributed by atoms with E-state index >= 15 is 0 Å². The van der Waals surface area contributed by atoms with Gasteiger partial charge in [-0.3, -0.25) is 10.2 Å². The second kappa shape index (κ2) is 3.51. The fourth-order valence-electron chi connectivity index (χ4n) is 2.10. The molecule has 1 aliphatic rings. The van der Waals surface area contributed by atoms with Crippen LogP contribution in [0.1, 0.15) is 27.7 Å². The number of rotatable bonds is 3. The molecule has 4 nitrogen and oxygen atoms in total. The molecule has 1 rings (SSSR count). The van der Waals surface area contributed by atoms with Crippen molar-refractivity contribution >= 4 is 5.91 Å². The van der Waals surface area contributed by atoms with Gasteiger partial charge in [-0.2, -0.15) is 0 Å². The van der Waals surface area contributed by atoms with Gasteiger partial charge in [-0.25, -0.2) is 5.84 Å². The van der Waals surface area contributed by atoms with Crippen molar-refractivity contribution < 1.29 is 4.79 Å². The predicted octanol–water partition coefficient (Wildman–Crippen LogP) is 0.344. The molecule has 0 unspecified atom stereocenters. The minimum Gasteiger partial charge on any atom is -0.301 e. The quantitative estimate of drug-likeness (QED) is 0.391. The fraction of sp³-hybridized carbons (Fsp3) is 0.900. The predicted molar refractivity (Wildman–Crippen MR) is 56.3 cm³/mol. The van der Waals surface area contributed by atoms with Crippen molar-refractivity contribution in [3.8, 4) is 0 Å². The molecule has 1 fully saturated rings. The zero-order chi connectivity index (χ0) is 11.0. The third kappa shape index (κ3) is 2.45. The lowest BCUT2D eigenvalue weighted by Gasteiger charge is -2.48. The Hall–Kier alpha value is -0.610. The van der Waals surface area contributed by atoms with E-state index in [1.54, 1.807) is 0 Å². The molecular weight excluding hydrogens is 178 g/mol. The van der Waals surface area contributed by atoms with Gasteiger partial charge >= 0.3 is 0 Å². The Morgan fingerprint density at radius 2 is 2.00 bits per heavy atom. The Labute approximate surface area is 85.8 Å². The second-order valence-corrected chi connectivity index (χ2v) is 5.67. The zero-order valence-corrected chi connectivity index (χ0v) is 9.55. The van der Waals surface area contributed by atoms with Crippen molar-refractivity contribution in [2.45, 2.75) is 27.7 Å². The highest BCUT2D eigenvalue weighted by Gasteiger charge is 2.39. The van der Waals surface area contributed by atoms with E-state index in [0.717, 1.165) is 19.6 Å². The average Bonchev–Trinajstić information content (AvgIpc) is 1.98. The highest BCUT2D eigenvalue weighted by atomic mass is 16.2. The van der Waals surface area contributed by atoms with Gasteiger partial charge in [-0.15, -0.1) is 0 Å². The van der Waals surface area contributed by atoms with Gasteiger partial charge in [0.25, 0.3) is 0 Å². The first-order valence-electron chi connectivity index (χ1n) is 5.00. The Bertz CT molecular complexity index is 228. The van der Waals surface area contributed by atoms with Crippen LogP contribution in [0.15, 0.2) is 0 Å². The lowest BCUT2D eigenvalue weighted by atomic mass is 9.81. The summed E-state index contributed by atoms with van der Waals surface area (Å²) in [5.41, 5.74) is 2.23. The van der Waals surface area contributed by atoms with Gasteiger partial charge in [0, 0.05) is 19.6 Å². The fourth-order valence-corrected chi connectivity index (χ4v) is 2.10. The first kappa shape index (κ1) is 11.5. The molecule has 0 bridgehead atoms. The number of nitrogens with one attached hydrogen (secondary N) is 1. The summed E-state index contributed by atoms with van der Waals surface area (Å²) in [5.74, 6) is 5.03. The van der Waals surface area contributed by atoms with Gasteiger partial charge in [0.2, 0.25) is 5.91 Å². The first-order valence-corrected chi connectivity index (χ1v) is 5.00. The van der Waals surface area contributed by atoms with Crippen molar-refractivity contribution in [1.82, 2.24) is 10.3 Å². The molecule has 82 valence electrons. The largest absolute Gasteiger partial charge is 0.301 e. The van der Waals surface area contributed by atoms with Gasteiger partial charge in [0.05, 0.1) is 5.41 Å². The summed E-state index contributed by atoms with van der Waals surface area (Å²) in [6.07, 6.45) is 0. The minimum absolute atomic E-state index is 0.0952. The van der Waals surface area contributed by atoms with Crippen LogP contribution in [0.5, 0.6) is 0 Å². The number of hydrogen-bond donors (Lipinski definition) is 2. The van der Waals surface area contributed by atoms with E-state index in [0.29, 0.717) is 5.41 Å². The number of nitrogens with zero attached hydrogens (tertiary/aromatic N) is 1. The Kier molecular flexibility index (Phi) is 2.88. The van der Waals surface area contributed by atoms with Crippen LogP contribution in [-0.4, -0.2) is 30.4 Å². The van der Waals surface area contributed by atoms with E-state index in [1.807, 2.05) is 13.8 Å². The van der Waals surface area contributed by atoms with E-state index in [1.165, 1.54) is 0 Å². The summed E-state index contributed by atoms with van der Waals surface area (Å²) in [5, 5.41) is 0. The third-order valence-electron chi connectivity index (χ3n) is 2.67. The number of nitrogens with two attached hydrogens (primary N) is 1. The molecule has 1 aliphatic heterocycles. The lowest BCUT2D eigenvalue weighted by Crippen LogP contribution is -2.57. The van der Waals surface area contributed by atoms with Gasteiger partial charge in [0.1, 0.15) is 0 Å². The van der Waals surface area contributed by atoms with Gasteiger partial charge in [-0.1, -0.05) is 13.8 Å². The van der Waals surface area contributed by atoms with Crippen LogP contribution in [0.4, 0.5) is 0 Å². The number of amides is 1. The number of likely N-dealkylation sites (tertiary alicyclic amines) is 1. The van der Waals surface area contributed by atoms with Crippen LogP contribution in [0.3, 0.4) is 0 Å². The Balaban J connectivity index is 2.42. The average molecular weight is 199 g/mol. The molecule has 3 N–H and O–H groups in total. The number of hydrazine groups is 1. The Morgan fingerprint density at radius 3 is 2.36 bits per heavy atom. The lowest BCUT2D eigenvalue weighted by molar-refractivity contribution is -0.132. The van der Waals surface area contributed by atoms with Crippen LogP contribution in [-0.2, 0) is 4.79 Å². The summed E-state index contributed by atoms with van der Waals surface area (Å²) in [7, 11) is 0. The molecule has 1 saturated heterocycles. The normalized spacial score (nSPS) is 21.5. The molecule has 0 saturated carbocycles. The molecule has 0 aliphatic carbocycles. The molecule has 0 spiro atoms. The molecule has 14 heavy (non-hydrogen) atoms. The van der Waals surface area contributed by atoms with E-state index in [-0.39, 0.29) is 5.91 Å². The molecule has 4 heteroatoms. The summed E-state index contributed by atoms with van der Waals surface area (Å²) >= 11 is 0. The maximum Gasteiger partial charge on any atom is 0.240 e. The number of carbonyl (C=O) groups excluding carboxylic acids is 1. The zero-order valence-electron chi connectivity index (χ0n) is 9.55.